The van der Waals surface area contributed by atoms with Gasteiger partial charge in [0.15, 0.2) is 0 Å². The van der Waals surface area contributed by atoms with E-state index >= 15 is 0 Å². The lowest BCUT2D eigenvalue weighted by Crippen LogP contribution is -2.10. The molecular weight excluding hydrogens is 719 g/mol. The van der Waals surface area contributed by atoms with Gasteiger partial charge in [-0.2, -0.15) is 0 Å². The zero-order valence-electron chi connectivity index (χ0n) is 32.0. The second-order valence-electron chi connectivity index (χ2n) is 15.3. The van der Waals surface area contributed by atoms with Crippen LogP contribution in [0.5, 0.6) is 0 Å². The normalized spacial score (nSPS) is 11.7. The van der Waals surface area contributed by atoms with Crippen LogP contribution in [0.4, 0.5) is 17.1 Å². The molecule has 0 spiro atoms. The number of rotatable bonds is 6. The van der Waals surface area contributed by atoms with Crippen molar-refractivity contribution < 1.29 is 8.83 Å². The summed E-state index contributed by atoms with van der Waals surface area (Å²) in [6.07, 6.45) is 0. The summed E-state index contributed by atoms with van der Waals surface area (Å²) < 4.78 is 12.6. The molecule has 12 aromatic rings. The Hall–Kier alpha value is -7.88. The monoisotopic (exact) mass is 753 g/mol. The topological polar surface area (TPSA) is 29.5 Å². The number of hydrogen-bond acceptors (Lipinski definition) is 3. The first-order valence-corrected chi connectivity index (χ1v) is 20.1. The van der Waals surface area contributed by atoms with Crippen LogP contribution in [-0.4, -0.2) is 0 Å². The van der Waals surface area contributed by atoms with Gasteiger partial charge in [-0.3, -0.25) is 0 Å². The summed E-state index contributed by atoms with van der Waals surface area (Å²) in [6.45, 7) is 0. The lowest BCUT2D eigenvalue weighted by Gasteiger charge is -2.26. The predicted octanol–water partition coefficient (Wildman–Crippen LogP) is 16.3. The molecule has 2 heterocycles. The fraction of sp³-hybridized carbons (Fsp3) is 0. The molecule has 0 aliphatic carbocycles. The summed E-state index contributed by atoms with van der Waals surface area (Å²) >= 11 is 0. The standard InChI is InChI=1S/C56H35NO2/c1-2-14-44-40(11-1)35-51(47-16-4-3-15-46(44)47)37-25-30-42(31-26-37)57(41-28-23-36(24-29-41)45-19-10-20-50-48-17-5-8-22-54(48)59-56(45)50)43-13-9-12-38(33-43)39-27-32-55-52(34-39)49-18-6-7-21-53(49)58-55/h1-35H. The van der Waals surface area contributed by atoms with Crippen molar-refractivity contribution in [2.75, 3.05) is 4.90 Å². The van der Waals surface area contributed by atoms with Gasteiger partial charge in [0.05, 0.1) is 0 Å². The number of benzene rings is 10. The van der Waals surface area contributed by atoms with E-state index in [2.05, 4.69) is 193 Å². The first-order chi connectivity index (χ1) is 29.2. The van der Waals surface area contributed by atoms with E-state index in [1.165, 1.54) is 32.7 Å². The quantitative estimate of drug-likeness (QED) is 0.158. The van der Waals surface area contributed by atoms with Gasteiger partial charge in [-0.1, -0.05) is 146 Å². The van der Waals surface area contributed by atoms with Gasteiger partial charge in [0.25, 0.3) is 0 Å². The molecule has 10 aromatic carbocycles. The molecule has 59 heavy (non-hydrogen) atoms. The third-order valence-electron chi connectivity index (χ3n) is 11.9. The molecule has 12 rings (SSSR count). The van der Waals surface area contributed by atoms with Crippen LogP contribution in [0.25, 0.3) is 98.8 Å². The molecule has 0 atom stereocenters. The van der Waals surface area contributed by atoms with E-state index in [9.17, 15) is 0 Å². The number of furan rings is 2. The summed E-state index contributed by atoms with van der Waals surface area (Å²) in [5.74, 6) is 0. The van der Waals surface area contributed by atoms with E-state index < -0.39 is 0 Å². The molecule has 0 amide bonds. The fourth-order valence-corrected chi connectivity index (χ4v) is 9.03. The number of hydrogen-bond donors (Lipinski definition) is 0. The Bertz CT molecular complexity index is 3550. The second kappa shape index (κ2) is 13.4. The zero-order chi connectivity index (χ0) is 38.9. The van der Waals surface area contributed by atoms with Crippen molar-refractivity contribution in [3.63, 3.8) is 0 Å². The molecule has 0 saturated carbocycles. The van der Waals surface area contributed by atoms with Gasteiger partial charge in [-0.15, -0.1) is 0 Å². The third-order valence-corrected chi connectivity index (χ3v) is 11.9. The van der Waals surface area contributed by atoms with E-state index in [-0.39, 0.29) is 0 Å². The highest BCUT2D eigenvalue weighted by atomic mass is 16.3. The Morgan fingerprint density at radius 3 is 1.58 bits per heavy atom. The van der Waals surface area contributed by atoms with Crippen molar-refractivity contribution >= 4 is 82.5 Å². The number of nitrogens with zero attached hydrogens (tertiary/aromatic N) is 1. The average Bonchev–Trinajstić information content (AvgIpc) is 3.88. The van der Waals surface area contributed by atoms with Crippen LogP contribution in [0.3, 0.4) is 0 Å². The fourth-order valence-electron chi connectivity index (χ4n) is 9.03. The Morgan fingerprint density at radius 1 is 0.271 bits per heavy atom. The van der Waals surface area contributed by atoms with Gasteiger partial charge in [0, 0.05) is 44.2 Å². The van der Waals surface area contributed by atoms with Crippen LogP contribution < -0.4 is 4.90 Å². The minimum absolute atomic E-state index is 0.894. The minimum Gasteiger partial charge on any atom is -0.456 e. The van der Waals surface area contributed by atoms with E-state index in [1.54, 1.807) is 0 Å². The van der Waals surface area contributed by atoms with Gasteiger partial charge >= 0.3 is 0 Å². The molecule has 0 bridgehead atoms. The van der Waals surface area contributed by atoms with E-state index in [1.807, 2.05) is 24.3 Å². The summed E-state index contributed by atoms with van der Waals surface area (Å²) in [5.41, 5.74) is 13.7. The lowest BCUT2D eigenvalue weighted by molar-refractivity contribution is 0.669. The first kappa shape index (κ1) is 33.3. The highest BCUT2D eigenvalue weighted by molar-refractivity contribution is 6.14. The van der Waals surface area contributed by atoms with Crippen LogP contribution in [0.1, 0.15) is 0 Å². The SMILES string of the molecule is c1cc(-c2ccc3oc4ccccc4c3c2)cc(N(c2ccc(-c3cc4ccccc4c4ccccc34)cc2)c2ccc(-c3cccc4c3oc3ccccc34)cc2)c1. The third kappa shape index (κ3) is 5.51. The minimum atomic E-state index is 0.894. The highest BCUT2D eigenvalue weighted by Crippen LogP contribution is 2.42. The van der Waals surface area contributed by atoms with Crippen molar-refractivity contribution in [1.82, 2.24) is 0 Å². The van der Waals surface area contributed by atoms with Crippen molar-refractivity contribution in [2.45, 2.75) is 0 Å². The molecular formula is C56H35NO2. The number of fused-ring (bicyclic) bond motifs is 9. The molecule has 0 fully saturated rings. The van der Waals surface area contributed by atoms with Crippen molar-refractivity contribution in [3.8, 4) is 33.4 Å². The maximum Gasteiger partial charge on any atom is 0.143 e. The molecule has 3 nitrogen and oxygen atoms in total. The Kier molecular flexibility index (Phi) is 7.54. The van der Waals surface area contributed by atoms with Crippen LogP contribution in [-0.2, 0) is 0 Å². The number of para-hydroxylation sites is 3. The van der Waals surface area contributed by atoms with E-state index in [4.69, 9.17) is 8.83 Å². The van der Waals surface area contributed by atoms with Crippen LogP contribution in [0.2, 0.25) is 0 Å². The van der Waals surface area contributed by atoms with Gasteiger partial charge in [0.2, 0.25) is 0 Å². The Balaban J connectivity index is 0.983. The highest BCUT2D eigenvalue weighted by Gasteiger charge is 2.18. The van der Waals surface area contributed by atoms with Crippen LogP contribution in [0.15, 0.2) is 221 Å². The van der Waals surface area contributed by atoms with Gasteiger partial charge < -0.3 is 13.7 Å². The summed E-state index contributed by atoms with van der Waals surface area (Å²) in [4.78, 5) is 2.35. The molecule has 0 aliphatic rings. The Labute approximate surface area is 340 Å². The molecule has 2 aromatic heterocycles. The molecule has 0 saturated heterocycles. The molecule has 3 heteroatoms. The van der Waals surface area contributed by atoms with Crippen LogP contribution >= 0.6 is 0 Å². The molecule has 276 valence electrons. The molecule has 0 N–H and O–H groups in total. The van der Waals surface area contributed by atoms with Crippen molar-refractivity contribution in [1.29, 1.82) is 0 Å². The smallest absolute Gasteiger partial charge is 0.143 e. The van der Waals surface area contributed by atoms with E-state index in [0.29, 0.717) is 0 Å². The van der Waals surface area contributed by atoms with Gasteiger partial charge in [-0.05, 0) is 116 Å². The molecule has 0 radical (unpaired) electrons. The lowest BCUT2D eigenvalue weighted by atomic mass is 9.93. The van der Waals surface area contributed by atoms with E-state index in [0.717, 1.165) is 83.2 Å². The second-order valence-corrected chi connectivity index (χ2v) is 15.3. The largest absolute Gasteiger partial charge is 0.456 e. The van der Waals surface area contributed by atoms with Crippen LogP contribution in [0, 0.1) is 0 Å². The maximum absolute atomic E-state index is 6.44. The van der Waals surface area contributed by atoms with Gasteiger partial charge in [0.1, 0.15) is 22.3 Å². The Morgan fingerprint density at radius 2 is 0.814 bits per heavy atom. The van der Waals surface area contributed by atoms with Gasteiger partial charge in [-0.25, -0.2) is 0 Å². The first-order valence-electron chi connectivity index (χ1n) is 20.1. The maximum atomic E-state index is 6.44. The number of anilines is 3. The van der Waals surface area contributed by atoms with Crippen molar-refractivity contribution in [3.05, 3.63) is 212 Å². The predicted molar refractivity (Wildman–Crippen MR) is 247 cm³/mol. The molecule has 0 unspecified atom stereocenters. The summed E-state index contributed by atoms with van der Waals surface area (Å²) in [6, 6.07) is 75.9. The van der Waals surface area contributed by atoms with Crippen molar-refractivity contribution in [2.24, 2.45) is 0 Å². The average molecular weight is 754 g/mol. The summed E-state index contributed by atoms with van der Waals surface area (Å²) in [7, 11) is 0. The molecule has 0 aliphatic heterocycles. The summed E-state index contributed by atoms with van der Waals surface area (Å²) in [5, 5.41) is 9.53. The zero-order valence-corrected chi connectivity index (χ0v) is 32.0.